The number of hydrogen-bond acceptors (Lipinski definition) is 2. The van der Waals surface area contributed by atoms with Crippen molar-refractivity contribution in [2.24, 2.45) is 0 Å². The van der Waals surface area contributed by atoms with Crippen LogP contribution in [0.3, 0.4) is 0 Å². The summed E-state index contributed by atoms with van der Waals surface area (Å²) in [4.78, 5) is 0. The molecular formula is C12H17F2NS. The molecule has 0 aliphatic heterocycles. The summed E-state index contributed by atoms with van der Waals surface area (Å²) in [5, 5.41) is 3.28. The Morgan fingerprint density at radius 2 is 1.94 bits per heavy atom. The summed E-state index contributed by atoms with van der Waals surface area (Å²) < 4.78 is 24.5. The Hall–Kier alpha value is -0.610. The lowest BCUT2D eigenvalue weighted by atomic mass is 10.1. The van der Waals surface area contributed by atoms with Crippen LogP contribution < -0.4 is 5.32 Å². The molecule has 1 nitrogen and oxygen atoms in total. The highest BCUT2D eigenvalue weighted by Gasteiger charge is 2.05. The SMILES string of the molecule is CSCCCNCc1ccc(C(F)F)cc1. The highest BCUT2D eigenvalue weighted by molar-refractivity contribution is 7.98. The molecule has 4 heteroatoms. The van der Waals surface area contributed by atoms with E-state index in [2.05, 4.69) is 11.6 Å². The van der Waals surface area contributed by atoms with E-state index in [-0.39, 0.29) is 5.56 Å². The molecule has 90 valence electrons. The van der Waals surface area contributed by atoms with E-state index in [0.29, 0.717) is 0 Å². The highest BCUT2D eigenvalue weighted by atomic mass is 32.2. The second kappa shape index (κ2) is 7.63. The van der Waals surface area contributed by atoms with E-state index in [1.807, 2.05) is 11.8 Å². The molecule has 0 unspecified atom stereocenters. The third kappa shape index (κ3) is 4.94. The minimum absolute atomic E-state index is 0.0890. The van der Waals surface area contributed by atoms with Crippen molar-refractivity contribution in [3.8, 4) is 0 Å². The molecule has 0 heterocycles. The van der Waals surface area contributed by atoms with Crippen molar-refractivity contribution in [1.29, 1.82) is 0 Å². The van der Waals surface area contributed by atoms with Gasteiger partial charge in [-0.1, -0.05) is 24.3 Å². The van der Waals surface area contributed by atoms with Gasteiger partial charge in [0.15, 0.2) is 0 Å². The average molecular weight is 245 g/mol. The lowest BCUT2D eigenvalue weighted by Gasteiger charge is -2.05. The molecule has 1 aromatic rings. The molecule has 1 aromatic carbocycles. The van der Waals surface area contributed by atoms with Crippen molar-refractivity contribution >= 4 is 11.8 Å². The molecule has 0 amide bonds. The number of rotatable bonds is 7. The Bertz CT molecular complexity index is 288. The first-order valence-corrected chi connectivity index (χ1v) is 6.70. The predicted molar refractivity (Wildman–Crippen MR) is 66.1 cm³/mol. The molecule has 16 heavy (non-hydrogen) atoms. The molecule has 0 atom stereocenters. The van der Waals surface area contributed by atoms with Crippen LogP contribution in [-0.2, 0) is 6.54 Å². The highest BCUT2D eigenvalue weighted by Crippen LogP contribution is 2.18. The van der Waals surface area contributed by atoms with Crippen LogP contribution in [-0.4, -0.2) is 18.6 Å². The van der Waals surface area contributed by atoms with Gasteiger partial charge < -0.3 is 5.32 Å². The van der Waals surface area contributed by atoms with E-state index in [1.165, 1.54) is 12.1 Å². The Balaban J connectivity index is 2.27. The quantitative estimate of drug-likeness (QED) is 0.738. The van der Waals surface area contributed by atoms with Gasteiger partial charge in [0.2, 0.25) is 0 Å². The lowest BCUT2D eigenvalue weighted by Crippen LogP contribution is -2.15. The molecule has 0 radical (unpaired) electrons. The first kappa shape index (κ1) is 13.5. The van der Waals surface area contributed by atoms with Gasteiger partial charge in [0, 0.05) is 12.1 Å². The van der Waals surface area contributed by atoms with E-state index in [4.69, 9.17) is 0 Å². The number of alkyl halides is 2. The van der Waals surface area contributed by atoms with Crippen LogP contribution in [0.5, 0.6) is 0 Å². The third-order valence-electron chi connectivity index (χ3n) is 2.26. The van der Waals surface area contributed by atoms with Crippen molar-refractivity contribution in [3.05, 3.63) is 35.4 Å². The van der Waals surface area contributed by atoms with E-state index in [0.717, 1.165) is 30.8 Å². The zero-order valence-corrected chi connectivity index (χ0v) is 10.2. The van der Waals surface area contributed by atoms with Crippen LogP contribution in [0.1, 0.15) is 24.0 Å². The number of hydrogen-bond donors (Lipinski definition) is 1. The fourth-order valence-corrected chi connectivity index (χ4v) is 1.79. The molecule has 0 aliphatic carbocycles. The van der Waals surface area contributed by atoms with Crippen LogP contribution in [0.25, 0.3) is 0 Å². The van der Waals surface area contributed by atoms with Crippen LogP contribution in [0.4, 0.5) is 8.78 Å². The summed E-state index contributed by atoms with van der Waals surface area (Å²) in [7, 11) is 0. The Labute approximate surface area is 99.6 Å². The minimum atomic E-state index is -2.37. The summed E-state index contributed by atoms with van der Waals surface area (Å²) in [5.74, 6) is 1.15. The number of nitrogens with one attached hydrogen (secondary N) is 1. The van der Waals surface area contributed by atoms with Crippen molar-refractivity contribution in [3.63, 3.8) is 0 Å². The summed E-state index contributed by atoms with van der Waals surface area (Å²) in [6, 6.07) is 6.49. The number of thioether (sulfide) groups is 1. The van der Waals surface area contributed by atoms with Crippen LogP contribution in [0, 0.1) is 0 Å². The third-order valence-corrected chi connectivity index (χ3v) is 2.96. The predicted octanol–water partition coefficient (Wildman–Crippen LogP) is 3.47. The van der Waals surface area contributed by atoms with Gasteiger partial charge in [-0.05, 0) is 30.5 Å². The molecule has 0 saturated carbocycles. The van der Waals surface area contributed by atoms with Crippen LogP contribution in [0.15, 0.2) is 24.3 Å². The minimum Gasteiger partial charge on any atom is -0.313 e. The second-order valence-corrected chi connectivity index (χ2v) is 4.55. The molecule has 0 saturated heterocycles. The first-order chi connectivity index (χ1) is 7.74. The monoisotopic (exact) mass is 245 g/mol. The fourth-order valence-electron chi connectivity index (χ4n) is 1.36. The largest absolute Gasteiger partial charge is 0.313 e. The molecule has 0 aromatic heterocycles. The average Bonchev–Trinajstić information content (AvgIpc) is 2.29. The molecule has 0 fully saturated rings. The lowest BCUT2D eigenvalue weighted by molar-refractivity contribution is 0.151. The van der Waals surface area contributed by atoms with Crippen molar-refractivity contribution in [2.75, 3.05) is 18.6 Å². The maximum atomic E-state index is 12.3. The van der Waals surface area contributed by atoms with Crippen LogP contribution in [0.2, 0.25) is 0 Å². The standard InChI is InChI=1S/C12H17F2NS/c1-16-8-2-7-15-9-10-3-5-11(6-4-10)12(13)14/h3-6,12,15H,2,7-9H2,1H3. The Morgan fingerprint density at radius 1 is 1.25 bits per heavy atom. The Morgan fingerprint density at radius 3 is 2.50 bits per heavy atom. The summed E-state index contributed by atoms with van der Waals surface area (Å²) in [6.45, 7) is 1.72. The number of halogens is 2. The molecule has 0 aliphatic rings. The fraction of sp³-hybridized carbons (Fsp3) is 0.500. The normalized spacial score (nSPS) is 11.0. The summed E-state index contributed by atoms with van der Waals surface area (Å²) in [6.07, 6.45) is 0.850. The zero-order valence-electron chi connectivity index (χ0n) is 9.38. The van der Waals surface area contributed by atoms with Gasteiger partial charge >= 0.3 is 0 Å². The molecule has 0 spiro atoms. The van der Waals surface area contributed by atoms with Gasteiger partial charge in [0.1, 0.15) is 0 Å². The maximum absolute atomic E-state index is 12.3. The van der Waals surface area contributed by atoms with Gasteiger partial charge in [-0.15, -0.1) is 0 Å². The molecule has 0 bridgehead atoms. The van der Waals surface area contributed by atoms with Gasteiger partial charge in [-0.3, -0.25) is 0 Å². The van der Waals surface area contributed by atoms with Crippen molar-refractivity contribution in [2.45, 2.75) is 19.4 Å². The van der Waals surface area contributed by atoms with E-state index in [9.17, 15) is 8.78 Å². The van der Waals surface area contributed by atoms with Crippen molar-refractivity contribution < 1.29 is 8.78 Å². The Kier molecular flexibility index (Phi) is 6.42. The maximum Gasteiger partial charge on any atom is 0.263 e. The van der Waals surface area contributed by atoms with E-state index < -0.39 is 6.43 Å². The summed E-state index contributed by atoms with van der Waals surface area (Å²) in [5.41, 5.74) is 1.14. The molecule has 1 rings (SSSR count). The van der Waals surface area contributed by atoms with E-state index >= 15 is 0 Å². The van der Waals surface area contributed by atoms with E-state index in [1.54, 1.807) is 12.1 Å². The topological polar surface area (TPSA) is 12.0 Å². The number of benzene rings is 1. The second-order valence-electron chi connectivity index (χ2n) is 3.57. The van der Waals surface area contributed by atoms with Crippen LogP contribution >= 0.6 is 11.8 Å². The molecular weight excluding hydrogens is 228 g/mol. The van der Waals surface area contributed by atoms with Gasteiger partial charge in [0.05, 0.1) is 0 Å². The smallest absolute Gasteiger partial charge is 0.263 e. The zero-order chi connectivity index (χ0) is 11.8. The first-order valence-electron chi connectivity index (χ1n) is 5.30. The van der Waals surface area contributed by atoms with Gasteiger partial charge in [-0.25, -0.2) is 8.78 Å². The van der Waals surface area contributed by atoms with Gasteiger partial charge in [-0.2, -0.15) is 11.8 Å². The molecule has 1 N–H and O–H groups in total. The van der Waals surface area contributed by atoms with Crippen molar-refractivity contribution in [1.82, 2.24) is 5.32 Å². The summed E-state index contributed by atoms with van der Waals surface area (Å²) >= 11 is 1.83. The van der Waals surface area contributed by atoms with Gasteiger partial charge in [0.25, 0.3) is 6.43 Å².